The number of anilines is 1. The molecule has 2 heteroatoms. The fraction of sp³-hybridized carbons (Fsp3) is 0.647. The summed E-state index contributed by atoms with van der Waals surface area (Å²) in [6.45, 7) is 6.99. The van der Waals surface area contributed by atoms with Crippen LogP contribution in [0.5, 0.6) is 0 Å². The van der Waals surface area contributed by atoms with Crippen LogP contribution in [0.15, 0.2) is 24.3 Å². The van der Waals surface area contributed by atoms with Gasteiger partial charge in [-0.25, -0.2) is 0 Å². The van der Waals surface area contributed by atoms with Gasteiger partial charge < -0.3 is 10.2 Å². The summed E-state index contributed by atoms with van der Waals surface area (Å²) in [5.74, 6) is 0.948. The number of rotatable bonds is 5. The summed E-state index contributed by atoms with van der Waals surface area (Å²) in [4.78, 5) is 2.54. The van der Waals surface area contributed by atoms with Crippen LogP contribution in [0.2, 0.25) is 0 Å². The molecule has 1 aliphatic rings. The monoisotopic (exact) mass is 260 g/mol. The van der Waals surface area contributed by atoms with Crippen LogP contribution in [0, 0.1) is 5.92 Å². The van der Waals surface area contributed by atoms with Gasteiger partial charge in [0.25, 0.3) is 0 Å². The lowest BCUT2D eigenvalue weighted by molar-refractivity contribution is 0.395. The molecule has 0 aliphatic carbocycles. The second-order valence-corrected chi connectivity index (χ2v) is 5.68. The zero-order chi connectivity index (χ0) is 13.7. The Kier molecular flexibility index (Phi) is 5.26. The van der Waals surface area contributed by atoms with Crippen LogP contribution < -0.4 is 10.2 Å². The quantitative estimate of drug-likeness (QED) is 0.861. The normalized spacial score (nSPS) is 18.6. The number of benzene rings is 1. The van der Waals surface area contributed by atoms with Gasteiger partial charge in [0.1, 0.15) is 0 Å². The molecule has 0 saturated carbocycles. The van der Waals surface area contributed by atoms with E-state index in [1.165, 1.54) is 43.6 Å². The van der Waals surface area contributed by atoms with E-state index in [-0.39, 0.29) is 0 Å². The molecule has 1 saturated heterocycles. The number of nitrogens with zero attached hydrogens (tertiary/aromatic N) is 1. The lowest BCUT2D eigenvalue weighted by Gasteiger charge is -2.33. The van der Waals surface area contributed by atoms with Gasteiger partial charge in [0.05, 0.1) is 0 Å². The molecule has 0 spiro atoms. The first kappa shape index (κ1) is 14.4. The van der Waals surface area contributed by atoms with E-state index in [1.807, 2.05) is 7.05 Å². The number of hydrogen-bond donors (Lipinski definition) is 1. The minimum atomic E-state index is 0.486. The van der Waals surface area contributed by atoms with Crippen LogP contribution >= 0.6 is 0 Å². The molecule has 106 valence electrons. The van der Waals surface area contributed by atoms with E-state index in [9.17, 15) is 0 Å². The highest BCUT2D eigenvalue weighted by Crippen LogP contribution is 2.26. The molecular weight excluding hydrogens is 232 g/mol. The van der Waals surface area contributed by atoms with Gasteiger partial charge >= 0.3 is 0 Å². The standard InChI is InChI=1S/C17H28N2/c1-4-14-10-12-19(13-11-14)16-8-6-15(7-9-16)17(5-2)18-3/h6-9,14,17-18H,4-5,10-13H2,1-3H3. The molecule has 1 aliphatic heterocycles. The van der Waals surface area contributed by atoms with E-state index < -0.39 is 0 Å². The summed E-state index contributed by atoms with van der Waals surface area (Å²) in [6, 6.07) is 9.64. The zero-order valence-electron chi connectivity index (χ0n) is 12.7. The Bertz CT molecular complexity index is 359. The van der Waals surface area contributed by atoms with Crippen molar-refractivity contribution in [3.8, 4) is 0 Å². The van der Waals surface area contributed by atoms with Crippen molar-refractivity contribution in [3.05, 3.63) is 29.8 Å². The lowest BCUT2D eigenvalue weighted by atomic mass is 9.94. The molecule has 0 aromatic heterocycles. The smallest absolute Gasteiger partial charge is 0.0366 e. The van der Waals surface area contributed by atoms with Crippen LogP contribution in [0.25, 0.3) is 0 Å². The number of nitrogens with one attached hydrogen (secondary N) is 1. The minimum absolute atomic E-state index is 0.486. The molecule has 2 nitrogen and oxygen atoms in total. The average Bonchev–Trinajstić information content (AvgIpc) is 2.49. The van der Waals surface area contributed by atoms with Gasteiger partial charge in [-0.3, -0.25) is 0 Å². The van der Waals surface area contributed by atoms with Crippen LogP contribution in [0.3, 0.4) is 0 Å². The third kappa shape index (κ3) is 3.50. The highest BCUT2D eigenvalue weighted by molar-refractivity contribution is 5.48. The van der Waals surface area contributed by atoms with Gasteiger partial charge in [-0.15, -0.1) is 0 Å². The molecule has 1 N–H and O–H groups in total. The van der Waals surface area contributed by atoms with Crippen molar-refractivity contribution in [1.29, 1.82) is 0 Å². The molecule has 1 atom stereocenters. The molecule has 2 rings (SSSR count). The van der Waals surface area contributed by atoms with Gasteiger partial charge in [-0.1, -0.05) is 32.4 Å². The fourth-order valence-electron chi connectivity index (χ4n) is 3.12. The molecule has 0 radical (unpaired) electrons. The Morgan fingerprint density at radius 3 is 2.26 bits per heavy atom. The van der Waals surface area contributed by atoms with Crippen molar-refractivity contribution < 1.29 is 0 Å². The molecular formula is C17H28N2. The number of hydrogen-bond acceptors (Lipinski definition) is 2. The first-order valence-electron chi connectivity index (χ1n) is 7.80. The third-order valence-corrected chi connectivity index (χ3v) is 4.61. The summed E-state index contributed by atoms with van der Waals surface area (Å²) in [7, 11) is 2.04. The molecule has 1 aromatic carbocycles. The maximum Gasteiger partial charge on any atom is 0.0366 e. The Hall–Kier alpha value is -1.02. The second-order valence-electron chi connectivity index (χ2n) is 5.68. The highest BCUT2D eigenvalue weighted by atomic mass is 15.1. The second kappa shape index (κ2) is 6.95. The molecule has 1 heterocycles. The first-order valence-corrected chi connectivity index (χ1v) is 7.80. The molecule has 1 fully saturated rings. The van der Waals surface area contributed by atoms with Crippen LogP contribution in [-0.4, -0.2) is 20.1 Å². The SMILES string of the molecule is CCC1CCN(c2ccc(C(CC)NC)cc2)CC1. The van der Waals surface area contributed by atoms with Crippen molar-refractivity contribution in [3.63, 3.8) is 0 Å². The van der Waals surface area contributed by atoms with Crippen molar-refractivity contribution >= 4 is 5.69 Å². The van der Waals surface area contributed by atoms with Crippen molar-refractivity contribution in [2.24, 2.45) is 5.92 Å². The average molecular weight is 260 g/mol. The summed E-state index contributed by atoms with van der Waals surface area (Å²) in [5.41, 5.74) is 2.79. The Balaban J connectivity index is 1.99. The molecule has 1 aromatic rings. The van der Waals surface area contributed by atoms with Crippen LogP contribution in [0.4, 0.5) is 5.69 Å². The van der Waals surface area contributed by atoms with Gasteiger partial charge in [0, 0.05) is 24.8 Å². The van der Waals surface area contributed by atoms with Crippen LogP contribution in [-0.2, 0) is 0 Å². The van der Waals surface area contributed by atoms with Crippen LogP contribution in [0.1, 0.15) is 51.1 Å². The van der Waals surface area contributed by atoms with E-state index in [1.54, 1.807) is 0 Å². The minimum Gasteiger partial charge on any atom is -0.372 e. The van der Waals surface area contributed by atoms with E-state index in [4.69, 9.17) is 0 Å². The molecule has 1 unspecified atom stereocenters. The summed E-state index contributed by atoms with van der Waals surface area (Å²) in [6.07, 6.45) is 5.18. The van der Waals surface area contributed by atoms with Gasteiger partial charge in [-0.05, 0) is 49.9 Å². The Labute approximate surface area is 118 Å². The summed E-state index contributed by atoms with van der Waals surface area (Å²) < 4.78 is 0. The molecule has 0 amide bonds. The lowest BCUT2D eigenvalue weighted by Crippen LogP contribution is -2.33. The topological polar surface area (TPSA) is 15.3 Å². The maximum absolute atomic E-state index is 3.37. The van der Waals surface area contributed by atoms with Gasteiger partial charge in [-0.2, -0.15) is 0 Å². The van der Waals surface area contributed by atoms with Crippen molar-refractivity contribution in [2.45, 2.75) is 45.6 Å². The Morgan fingerprint density at radius 2 is 1.79 bits per heavy atom. The predicted octanol–water partition coefficient (Wildman–Crippen LogP) is 3.98. The number of piperidine rings is 1. The largest absolute Gasteiger partial charge is 0.372 e. The van der Waals surface area contributed by atoms with Gasteiger partial charge in [0.15, 0.2) is 0 Å². The predicted molar refractivity (Wildman–Crippen MR) is 83.8 cm³/mol. The Morgan fingerprint density at radius 1 is 1.16 bits per heavy atom. The summed E-state index contributed by atoms with van der Waals surface area (Å²) in [5, 5.41) is 3.37. The van der Waals surface area contributed by atoms with Gasteiger partial charge in [0.2, 0.25) is 0 Å². The first-order chi connectivity index (χ1) is 9.28. The summed E-state index contributed by atoms with van der Waals surface area (Å²) >= 11 is 0. The molecule has 0 bridgehead atoms. The van der Waals surface area contributed by atoms with E-state index in [0.29, 0.717) is 6.04 Å². The zero-order valence-corrected chi connectivity index (χ0v) is 12.7. The highest BCUT2D eigenvalue weighted by Gasteiger charge is 2.18. The van der Waals surface area contributed by atoms with E-state index in [2.05, 4.69) is 48.3 Å². The maximum atomic E-state index is 3.37. The van der Waals surface area contributed by atoms with E-state index in [0.717, 1.165) is 12.3 Å². The molecule has 19 heavy (non-hydrogen) atoms. The van der Waals surface area contributed by atoms with E-state index >= 15 is 0 Å². The fourth-order valence-corrected chi connectivity index (χ4v) is 3.12. The van der Waals surface area contributed by atoms with Crippen molar-refractivity contribution in [1.82, 2.24) is 5.32 Å². The van der Waals surface area contributed by atoms with Crippen molar-refractivity contribution in [2.75, 3.05) is 25.0 Å². The third-order valence-electron chi connectivity index (χ3n) is 4.61.